The summed E-state index contributed by atoms with van der Waals surface area (Å²) in [7, 11) is 0. The van der Waals surface area contributed by atoms with Gasteiger partial charge in [0.1, 0.15) is 0 Å². The standard InChI is InChI=1S/C21H28N2O/c1-14-6-18-4-2-3-5-19(18)23(14)13-20(24)22-21-10-15-7-16(11-21)9-17(8-15)12-21/h2-5,14-17H,6-13H2,1H3,(H,22,24)/t14-,15?,16?,17?,21?/m0/s1. The van der Waals surface area contributed by atoms with Crippen molar-refractivity contribution in [2.24, 2.45) is 17.8 Å². The molecule has 1 aromatic carbocycles. The van der Waals surface area contributed by atoms with Crippen molar-refractivity contribution in [3.8, 4) is 0 Å². The Morgan fingerprint density at radius 3 is 2.42 bits per heavy atom. The zero-order chi connectivity index (χ0) is 16.3. The molecular weight excluding hydrogens is 296 g/mol. The largest absolute Gasteiger partial charge is 0.359 e. The fourth-order valence-electron chi connectivity index (χ4n) is 6.62. The maximum Gasteiger partial charge on any atom is 0.239 e. The van der Waals surface area contributed by atoms with Gasteiger partial charge in [-0.15, -0.1) is 0 Å². The molecule has 0 spiro atoms. The van der Waals surface area contributed by atoms with E-state index in [0.29, 0.717) is 12.6 Å². The highest BCUT2D eigenvalue weighted by Gasteiger charge is 2.51. The Bertz CT molecular complexity index is 632. The molecule has 4 fully saturated rings. The number of benzene rings is 1. The van der Waals surface area contributed by atoms with Gasteiger partial charge in [-0.25, -0.2) is 0 Å². The van der Waals surface area contributed by atoms with Crippen molar-refractivity contribution < 1.29 is 4.79 Å². The highest BCUT2D eigenvalue weighted by Crippen LogP contribution is 2.55. The summed E-state index contributed by atoms with van der Waals surface area (Å²) in [6.45, 7) is 2.75. The molecule has 1 N–H and O–H groups in total. The van der Waals surface area contributed by atoms with Gasteiger partial charge in [-0.05, 0) is 81.3 Å². The third-order valence-electron chi connectivity index (χ3n) is 7.11. The Balaban J connectivity index is 1.30. The molecule has 0 unspecified atom stereocenters. The molecule has 1 heterocycles. The van der Waals surface area contributed by atoms with Crippen LogP contribution in [0.1, 0.15) is 51.0 Å². The van der Waals surface area contributed by atoms with E-state index in [2.05, 4.69) is 41.4 Å². The molecule has 1 amide bonds. The predicted octanol–water partition coefficient (Wildman–Crippen LogP) is 3.52. The minimum Gasteiger partial charge on any atom is -0.359 e. The fraction of sp³-hybridized carbons (Fsp3) is 0.667. The van der Waals surface area contributed by atoms with E-state index >= 15 is 0 Å². The second-order valence-electron chi connectivity index (χ2n) is 9.06. The van der Waals surface area contributed by atoms with Gasteiger partial charge in [0, 0.05) is 17.3 Å². The summed E-state index contributed by atoms with van der Waals surface area (Å²) in [6, 6.07) is 8.97. The first-order chi connectivity index (χ1) is 11.6. The van der Waals surface area contributed by atoms with Gasteiger partial charge in [-0.2, -0.15) is 0 Å². The lowest BCUT2D eigenvalue weighted by molar-refractivity contribution is -0.125. The number of anilines is 1. The number of nitrogens with zero attached hydrogens (tertiary/aromatic N) is 1. The average molecular weight is 324 g/mol. The predicted molar refractivity (Wildman–Crippen MR) is 96.0 cm³/mol. The molecule has 1 atom stereocenters. The molecule has 6 rings (SSSR count). The van der Waals surface area contributed by atoms with E-state index in [4.69, 9.17) is 0 Å². The number of fused-ring (bicyclic) bond motifs is 1. The molecule has 3 heteroatoms. The topological polar surface area (TPSA) is 32.3 Å². The van der Waals surface area contributed by atoms with Crippen molar-refractivity contribution in [2.45, 2.75) is 63.5 Å². The van der Waals surface area contributed by atoms with Crippen LogP contribution in [0, 0.1) is 17.8 Å². The third-order valence-corrected chi connectivity index (χ3v) is 7.11. The number of carbonyl (C=O) groups excluding carboxylic acids is 1. The van der Waals surface area contributed by atoms with E-state index in [1.165, 1.54) is 49.8 Å². The second-order valence-corrected chi connectivity index (χ2v) is 9.06. The van der Waals surface area contributed by atoms with E-state index in [9.17, 15) is 4.79 Å². The summed E-state index contributed by atoms with van der Waals surface area (Å²) in [5, 5.41) is 3.52. The van der Waals surface area contributed by atoms with Crippen LogP contribution < -0.4 is 10.2 Å². The van der Waals surface area contributed by atoms with Crippen molar-refractivity contribution >= 4 is 11.6 Å². The van der Waals surface area contributed by atoms with Crippen molar-refractivity contribution in [1.82, 2.24) is 5.32 Å². The first kappa shape index (κ1) is 14.8. The highest BCUT2D eigenvalue weighted by molar-refractivity contribution is 5.83. The molecule has 4 saturated carbocycles. The van der Waals surface area contributed by atoms with E-state index in [1.807, 2.05) is 0 Å². The molecule has 4 bridgehead atoms. The van der Waals surface area contributed by atoms with Crippen LogP contribution in [0.15, 0.2) is 24.3 Å². The van der Waals surface area contributed by atoms with Gasteiger partial charge in [0.25, 0.3) is 0 Å². The van der Waals surface area contributed by atoms with Crippen LogP contribution in [0.25, 0.3) is 0 Å². The van der Waals surface area contributed by atoms with Crippen LogP contribution in [0.4, 0.5) is 5.69 Å². The first-order valence-corrected chi connectivity index (χ1v) is 9.76. The quantitative estimate of drug-likeness (QED) is 0.922. The van der Waals surface area contributed by atoms with Crippen LogP contribution in [0.3, 0.4) is 0 Å². The van der Waals surface area contributed by atoms with Crippen LogP contribution in [0.2, 0.25) is 0 Å². The lowest BCUT2D eigenvalue weighted by atomic mass is 9.53. The minimum atomic E-state index is 0.133. The van der Waals surface area contributed by atoms with Gasteiger partial charge in [0.05, 0.1) is 6.54 Å². The maximum absolute atomic E-state index is 12.9. The molecule has 0 saturated heterocycles. The summed E-state index contributed by atoms with van der Waals surface area (Å²) in [5.74, 6) is 2.87. The Kier molecular flexibility index (Phi) is 3.23. The Hall–Kier alpha value is -1.51. The fourth-order valence-corrected chi connectivity index (χ4v) is 6.62. The van der Waals surface area contributed by atoms with Gasteiger partial charge >= 0.3 is 0 Å². The summed E-state index contributed by atoms with van der Waals surface area (Å²) >= 11 is 0. The third kappa shape index (κ3) is 2.35. The number of rotatable bonds is 3. The van der Waals surface area contributed by atoms with Crippen molar-refractivity contribution in [3.63, 3.8) is 0 Å². The minimum absolute atomic E-state index is 0.133. The van der Waals surface area contributed by atoms with E-state index < -0.39 is 0 Å². The SMILES string of the molecule is C[C@H]1Cc2ccccc2N1CC(=O)NC12CC3CC(CC(C3)C1)C2. The van der Waals surface area contributed by atoms with E-state index in [1.54, 1.807) is 0 Å². The summed E-state index contributed by atoms with van der Waals surface area (Å²) in [6.07, 6.45) is 9.02. The molecule has 1 aromatic rings. The maximum atomic E-state index is 12.9. The number of hydrogen-bond acceptors (Lipinski definition) is 2. The molecule has 5 aliphatic rings. The molecular formula is C21H28N2O. The Labute approximate surface area is 144 Å². The molecule has 24 heavy (non-hydrogen) atoms. The number of hydrogen-bond donors (Lipinski definition) is 1. The summed E-state index contributed by atoms with van der Waals surface area (Å²) in [5.41, 5.74) is 2.77. The van der Waals surface area contributed by atoms with E-state index in [-0.39, 0.29) is 11.4 Å². The van der Waals surface area contributed by atoms with Gasteiger partial charge < -0.3 is 10.2 Å². The molecule has 128 valence electrons. The number of para-hydroxylation sites is 1. The van der Waals surface area contributed by atoms with Crippen LogP contribution in [-0.4, -0.2) is 24.0 Å². The van der Waals surface area contributed by atoms with Crippen LogP contribution in [0.5, 0.6) is 0 Å². The monoisotopic (exact) mass is 324 g/mol. The smallest absolute Gasteiger partial charge is 0.239 e. The van der Waals surface area contributed by atoms with Crippen molar-refractivity contribution in [1.29, 1.82) is 0 Å². The second kappa shape index (κ2) is 5.24. The van der Waals surface area contributed by atoms with Crippen molar-refractivity contribution in [2.75, 3.05) is 11.4 Å². The lowest BCUT2D eigenvalue weighted by Crippen LogP contribution is -2.61. The molecule has 0 aromatic heterocycles. The zero-order valence-corrected chi connectivity index (χ0v) is 14.6. The number of amides is 1. The molecule has 4 aliphatic carbocycles. The average Bonchev–Trinajstić information content (AvgIpc) is 2.81. The van der Waals surface area contributed by atoms with Crippen LogP contribution in [-0.2, 0) is 11.2 Å². The summed E-state index contributed by atoms with van der Waals surface area (Å²) < 4.78 is 0. The Morgan fingerprint density at radius 1 is 1.12 bits per heavy atom. The normalized spacial score (nSPS) is 39.1. The Morgan fingerprint density at radius 2 is 1.75 bits per heavy atom. The van der Waals surface area contributed by atoms with Gasteiger partial charge in [-0.3, -0.25) is 4.79 Å². The zero-order valence-electron chi connectivity index (χ0n) is 14.6. The van der Waals surface area contributed by atoms with Gasteiger partial charge in [0.2, 0.25) is 5.91 Å². The molecule has 1 aliphatic heterocycles. The summed E-state index contributed by atoms with van der Waals surface area (Å²) in [4.78, 5) is 15.2. The van der Waals surface area contributed by atoms with Crippen molar-refractivity contribution in [3.05, 3.63) is 29.8 Å². The van der Waals surface area contributed by atoms with Crippen LogP contribution >= 0.6 is 0 Å². The number of nitrogens with one attached hydrogen (secondary N) is 1. The molecule has 3 nitrogen and oxygen atoms in total. The number of carbonyl (C=O) groups is 1. The molecule has 0 radical (unpaired) electrons. The lowest BCUT2D eigenvalue weighted by Gasteiger charge is -2.57. The first-order valence-electron chi connectivity index (χ1n) is 9.76. The van der Waals surface area contributed by atoms with Gasteiger partial charge in [-0.1, -0.05) is 18.2 Å². The van der Waals surface area contributed by atoms with E-state index in [0.717, 1.165) is 24.2 Å². The highest BCUT2D eigenvalue weighted by atomic mass is 16.2. The van der Waals surface area contributed by atoms with Gasteiger partial charge in [0.15, 0.2) is 0 Å².